The van der Waals surface area contributed by atoms with Crippen molar-refractivity contribution in [2.75, 3.05) is 13.2 Å². The normalized spacial score (nSPS) is 16.0. The highest BCUT2D eigenvalue weighted by atomic mass is 32.2. The van der Waals surface area contributed by atoms with Crippen LogP contribution in [0.5, 0.6) is 5.75 Å². The van der Waals surface area contributed by atoms with Gasteiger partial charge in [0.2, 0.25) is 10.0 Å². The number of benzene rings is 2. The molecule has 2 N–H and O–H groups in total. The van der Waals surface area contributed by atoms with Gasteiger partial charge in [0.05, 0.1) is 24.1 Å². The molecule has 1 atom stereocenters. The number of sulfonamides is 1. The van der Waals surface area contributed by atoms with E-state index in [9.17, 15) is 13.2 Å². The summed E-state index contributed by atoms with van der Waals surface area (Å²) in [6.45, 7) is 0.393. The molecule has 1 heterocycles. The lowest BCUT2D eigenvalue weighted by molar-refractivity contribution is 0.0924. The van der Waals surface area contributed by atoms with Crippen molar-refractivity contribution >= 4 is 15.9 Å². The molecule has 0 unspecified atom stereocenters. The summed E-state index contributed by atoms with van der Waals surface area (Å²) in [6.07, 6.45) is 5.73. The number of terminal acetylenes is 1. The Morgan fingerprint density at radius 2 is 2.04 bits per heavy atom. The van der Waals surface area contributed by atoms with Crippen molar-refractivity contribution in [3.05, 3.63) is 59.7 Å². The van der Waals surface area contributed by atoms with Crippen LogP contribution in [0.15, 0.2) is 53.4 Å². The summed E-state index contributed by atoms with van der Waals surface area (Å²) >= 11 is 0. The minimum atomic E-state index is -3.75. The van der Waals surface area contributed by atoms with Crippen LogP contribution in [0.3, 0.4) is 0 Å². The van der Waals surface area contributed by atoms with E-state index >= 15 is 0 Å². The number of rotatable bonds is 5. The number of hydrogen-bond acceptors (Lipinski definition) is 4. The van der Waals surface area contributed by atoms with Gasteiger partial charge in [-0.2, -0.15) is 4.72 Å². The average Bonchev–Trinajstić information content (AvgIpc) is 2.67. The second-order valence-electron chi connectivity index (χ2n) is 5.76. The summed E-state index contributed by atoms with van der Waals surface area (Å²) in [5, 5.41) is 2.95. The van der Waals surface area contributed by atoms with Crippen LogP contribution < -0.4 is 14.8 Å². The van der Waals surface area contributed by atoms with E-state index in [1.807, 2.05) is 24.3 Å². The largest absolute Gasteiger partial charge is 0.493 e. The van der Waals surface area contributed by atoms with Crippen molar-refractivity contribution in [1.82, 2.24) is 10.0 Å². The van der Waals surface area contributed by atoms with E-state index in [1.165, 1.54) is 18.2 Å². The first-order valence-corrected chi connectivity index (χ1v) is 9.55. The highest BCUT2D eigenvalue weighted by Crippen LogP contribution is 2.31. The molecular weight excluding hydrogens is 352 g/mol. The van der Waals surface area contributed by atoms with Crippen molar-refractivity contribution in [2.24, 2.45) is 0 Å². The first kappa shape index (κ1) is 18.0. The molecule has 0 fully saturated rings. The van der Waals surface area contributed by atoms with E-state index in [-0.39, 0.29) is 29.0 Å². The van der Waals surface area contributed by atoms with Gasteiger partial charge >= 0.3 is 0 Å². The molecule has 2 aromatic carbocycles. The molecule has 0 aromatic heterocycles. The third kappa shape index (κ3) is 3.87. The Labute approximate surface area is 152 Å². The zero-order valence-electron chi connectivity index (χ0n) is 13.9. The van der Waals surface area contributed by atoms with Crippen LogP contribution in [0.1, 0.15) is 28.4 Å². The van der Waals surface area contributed by atoms with Crippen molar-refractivity contribution in [1.29, 1.82) is 0 Å². The summed E-state index contributed by atoms with van der Waals surface area (Å²) in [5.41, 5.74) is 1.17. The Morgan fingerprint density at radius 3 is 2.85 bits per heavy atom. The predicted octanol–water partition coefficient (Wildman–Crippen LogP) is 1.85. The van der Waals surface area contributed by atoms with Gasteiger partial charge in [-0.15, -0.1) is 6.42 Å². The Bertz CT molecular complexity index is 963. The number of carbonyl (C=O) groups is 1. The summed E-state index contributed by atoms with van der Waals surface area (Å²) in [6, 6.07) is 13.2. The summed E-state index contributed by atoms with van der Waals surface area (Å²) in [7, 11) is -3.75. The van der Waals surface area contributed by atoms with Gasteiger partial charge in [0, 0.05) is 17.5 Å². The molecule has 0 saturated carbocycles. The SMILES string of the molecule is C#CCNS(=O)(=O)c1cccc(C(=O)N[C@H]2CCOc3ccccc32)c1. The molecule has 0 radical (unpaired) electrons. The lowest BCUT2D eigenvalue weighted by Gasteiger charge is -2.26. The molecule has 6 nitrogen and oxygen atoms in total. The molecule has 26 heavy (non-hydrogen) atoms. The van der Waals surface area contributed by atoms with Gasteiger partial charge in [-0.25, -0.2) is 8.42 Å². The fourth-order valence-corrected chi connectivity index (χ4v) is 3.74. The lowest BCUT2D eigenvalue weighted by Crippen LogP contribution is -2.32. The number of fused-ring (bicyclic) bond motifs is 1. The lowest BCUT2D eigenvalue weighted by atomic mass is 10.00. The molecule has 1 aliphatic rings. The second-order valence-corrected chi connectivity index (χ2v) is 7.52. The van der Waals surface area contributed by atoms with E-state index in [0.717, 1.165) is 11.3 Å². The van der Waals surface area contributed by atoms with Crippen LogP contribution >= 0.6 is 0 Å². The van der Waals surface area contributed by atoms with E-state index < -0.39 is 10.0 Å². The zero-order valence-corrected chi connectivity index (χ0v) is 14.8. The van der Waals surface area contributed by atoms with Crippen LogP contribution in [-0.2, 0) is 10.0 Å². The van der Waals surface area contributed by atoms with E-state index in [0.29, 0.717) is 13.0 Å². The highest BCUT2D eigenvalue weighted by Gasteiger charge is 2.23. The summed E-state index contributed by atoms with van der Waals surface area (Å²) < 4.78 is 32.2. The third-order valence-electron chi connectivity index (χ3n) is 4.03. The molecule has 0 bridgehead atoms. The Hall–Kier alpha value is -2.82. The van der Waals surface area contributed by atoms with E-state index in [1.54, 1.807) is 6.07 Å². The number of ether oxygens (including phenoxy) is 1. The van der Waals surface area contributed by atoms with Crippen LogP contribution in [0, 0.1) is 12.3 Å². The Kier molecular flexibility index (Phi) is 5.26. The maximum Gasteiger partial charge on any atom is 0.251 e. The van der Waals surface area contributed by atoms with Crippen molar-refractivity contribution in [3.63, 3.8) is 0 Å². The monoisotopic (exact) mass is 370 g/mol. The second kappa shape index (κ2) is 7.60. The summed E-state index contributed by atoms with van der Waals surface area (Å²) in [4.78, 5) is 12.6. The number of amides is 1. The predicted molar refractivity (Wildman–Crippen MR) is 97.2 cm³/mol. The maximum absolute atomic E-state index is 12.6. The minimum Gasteiger partial charge on any atom is -0.493 e. The topological polar surface area (TPSA) is 84.5 Å². The van der Waals surface area contributed by atoms with Crippen molar-refractivity contribution < 1.29 is 17.9 Å². The van der Waals surface area contributed by atoms with Gasteiger partial charge in [-0.05, 0) is 24.3 Å². The molecular formula is C19H18N2O4S. The fourth-order valence-electron chi connectivity index (χ4n) is 2.76. The van der Waals surface area contributed by atoms with Crippen LogP contribution in [0.25, 0.3) is 0 Å². The van der Waals surface area contributed by atoms with Gasteiger partial charge in [0.1, 0.15) is 5.75 Å². The fraction of sp³-hybridized carbons (Fsp3) is 0.211. The van der Waals surface area contributed by atoms with Gasteiger partial charge < -0.3 is 10.1 Å². The van der Waals surface area contributed by atoms with Crippen molar-refractivity contribution in [3.8, 4) is 18.1 Å². The quantitative estimate of drug-likeness (QED) is 0.787. The molecule has 0 aliphatic carbocycles. The molecule has 2 aromatic rings. The first-order chi connectivity index (χ1) is 12.5. The maximum atomic E-state index is 12.6. The highest BCUT2D eigenvalue weighted by molar-refractivity contribution is 7.89. The first-order valence-electron chi connectivity index (χ1n) is 8.07. The van der Waals surface area contributed by atoms with E-state index in [2.05, 4.69) is 16.0 Å². The van der Waals surface area contributed by atoms with E-state index in [4.69, 9.17) is 11.2 Å². The van der Waals surface area contributed by atoms with Gasteiger partial charge in [0.15, 0.2) is 0 Å². The average molecular weight is 370 g/mol. The molecule has 0 spiro atoms. The zero-order chi connectivity index (χ0) is 18.6. The number of carbonyl (C=O) groups excluding carboxylic acids is 1. The molecule has 134 valence electrons. The van der Waals surface area contributed by atoms with Gasteiger partial charge in [0.25, 0.3) is 5.91 Å². The number of nitrogens with one attached hydrogen (secondary N) is 2. The van der Waals surface area contributed by atoms with Crippen LogP contribution in [-0.4, -0.2) is 27.5 Å². The van der Waals surface area contributed by atoms with Crippen LogP contribution in [0.4, 0.5) is 0 Å². The Morgan fingerprint density at radius 1 is 1.23 bits per heavy atom. The number of para-hydroxylation sites is 1. The van der Waals surface area contributed by atoms with Gasteiger partial charge in [-0.1, -0.05) is 30.2 Å². The molecule has 3 rings (SSSR count). The molecule has 1 amide bonds. The smallest absolute Gasteiger partial charge is 0.251 e. The van der Waals surface area contributed by atoms with Crippen molar-refractivity contribution in [2.45, 2.75) is 17.4 Å². The molecule has 7 heteroatoms. The van der Waals surface area contributed by atoms with Crippen LogP contribution in [0.2, 0.25) is 0 Å². The standard InChI is InChI=1S/C19H18N2O4S/c1-2-11-20-26(23,24)15-7-5-6-14(13-15)19(22)21-17-10-12-25-18-9-4-3-8-16(17)18/h1,3-9,13,17,20H,10-12H2,(H,21,22)/t17-/m0/s1. The van der Waals surface area contributed by atoms with Gasteiger partial charge in [-0.3, -0.25) is 4.79 Å². The molecule has 0 saturated heterocycles. The third-order valence-corrected chi connectivity index (χ3v) is 5.43. The Balaban J connectivity index is 1.80. The minimum absolute atomic E-state index is 0.00669. The number of hydrogen-bond donors (Lipinski definition) is 2. The summed E-state index contributed by atoms with van der Waals surface area (Å²) in [5.74, 6) is 2.62. The molecule has 1 aliphatic heterocycles.